The molecule has 1 aromatic rings. The molecule has 0 amide bonds. The zero-order chi connectivity index (χ0) is 12.4. The molecule has 0 aromatic heterocycles. The molecule has 0 aliphatic carbocycles. The van der Waals surface area contributed by atoms with Gasteiger partial charge in [0.25, 0.3) is 0 Å². The minimum absolute atomic E-state index is 0.272. The van der Waals surface area contributed by atoms with Crippen LogP contribution >= 0.6 is 0 Å². The smallest absolute Gasteiger partial charge is 0.204 e. The summed E-state index contributed by atoms with van der Waals surface area (Å²) in [5, 5.41) is 4.48. The molecule has 16 heavy (non-hydrogen) atoms. The molecule has 1 rings (SSSR count). The molecule has 0 unspecified atom stereocenters. The topological polar surface area (TPSA) is 127 Å². The zero-order valence-electron chi connectivity index (χ0n) is 7.68. The Balaban J connectivity index is 3.19. The number of nitrogens with zero attached hydrogens (tertiary/aromatic N) is 1. The van der Waals surface area contributed by atoms with Gasteiger partial charge in [-0.25, -0.2) is 5.14 Å². The second-order valence-electron chi connectivity index (χ2n) is 2.59. The van der Waals surface area contributed by atoms with E-state index in [4.69, 9.17) is 0 Å². The van der Waals surface area contributed by atoms with E-state index in [0.717, 1.165) is 0 Å². The molecule has 0 aliphatic rings. The van der Waals surface area contributed by atoms with Gasteiger partial charge >= 0.3 is 20.6 Å². The molecular formula is C6H7N2O6S2. The van der Waals surface area contributed by atoms with Crippen molar-refractivity contribution in [2.24, 2.45) is 5.14 Å². The van der Waals surface area contributed by atoms with E-state index in [-0.39, 0.29) is 10.2 Å². The third-order valence-electron chi connectivity index (χ3n) is 1.34. The van der Waals surface area contributed by atoms with Crippen molar-refractivity contribution < 1.29 is 25.7 Å². The minimum Gasteiger partial charge on any atom is -0.204 e. The van der Waals surface area contributed by atoms with E-state index < -0.39 is 20.6 Å². The molecule has 0 aliphatic heterocycles. The van der Waals surface area contributed by atoms with E-state index in [9.17, 15) is 21.4 Å². The summed E-state index contributed by atoms with van der Waals surface area (Å²) >= 11 is 0. The number of hydrogen-bond acceptors (Lipinski definition) is 5. The van der Waals surface area contributed by atoms with Crippen LogP contribution in [0, 0.1) is 0 Å². The van der Waals surface area contributed by atoms with Crippen molar-refractivity contribution in [1.29, 1.82) is 0 Å². The Labute approximate surface area is 92.3 Å². The fourth-order valence-electron chi connectivity index (χ4n) is 0.853. The number of nitrogens with two attached hydrogens (primary N) is 1. The molecular weight excluding hydrogens is 260 g/mol. The first-order chi connectivity index (χ1) is 7.20. The Bertz CT molecular complexity index is 552. The Hall–Kier alpha value is -1.20. The maximum Gasteiger partial charge on any atom is 0.414 e. The van der Waals surface area contributed by atoms with Crippen LogP contribution in [0.2, 0.25) is 0 Å². The average molecular weight is 267 g/mol. The molecule has 0 spiro atoms. The first kappa shape index (κ1) is 12.9. The van der Waals surface area contributed by atoms with Gasteiger partial charge in [0.1, 0.15) is 0 Å². The summed E-state index contributed by atoms with van der Waals surface area (Å²) in [4.78, 5) is 0. The van der Waals surface area contributed by atoms with Crippen molar-refractivity contribution in [2.45, 2.75) is 0 Å². The molecule has 0 atom stereocenters. The van der Waals surface area contributed by atoms with Crippen LogP contribution in [0.5, 0.6) is 0 Å². The van der Waals surface area contributed by atoms with E-state index >= 15 is 0 Å². The monoisotopic (exact) mass is 267 g/mol. The van der Waals surface area contributed by atoms with Gasteiger partial charge in [-0.3, -0.25) is 0 Å². The van der Waals surface area contributed by atoms with Crippen molar-refractivity contribution in [3.63, 3.8) is 0 Å². The van der Waals surface area contributed by atoms with Gasteiger partial charge in [-0.15, -0.1) is 8.75 Å². The minimum atomic E-state index is -5.15. The summed E-state index contributed by atoms with van der Waals surface area (Å²) in [6.07, 6.45) is 0. The second kappa shape index (κ2) is 4.35. The summed E-state index contributed by atoms with van der Waals surface area (Å²) in [5.74, 6) is 0. The zero-order valence-corrected chi connectivity index (χ0v) is 9.31. The van der Waals surface area contributed by atoms with Gasteiger partial charge in [0.15, 0.2) is 0 Å². The van der Waals surface area contributed by atoms with Crippen molar-refractivity contribution in [3.8, 4) is 0 Å². The highest BCUT2D eigenvalue weighted by Gasteiger charge is 2.27. The van der Waals surface area contributed by atoms with Crippen molar-refractivity contribution in [1.82, 2.24) is 0 Å². The van der Waals surface area contributed by atoms with Crippen LogP contribution in [-0.4, -0.2) is 16.8 Å². The fraction of sp³-hybridized carbons (Fsp3) is 0. The number of hydrogen-bond donors (Lipinski definition) is 1. The van der Waals surface area contributed by atoms with Gasteiger partial charge in [0.2, 0.25) is 0 Å². The first-order valence-corrected chi connectivity index (χ1v) is 6.57. The normalized spacial score (nSPS) is 12.4. The maximum absolute atomic E-state index is 10.7. The molecule has 8 nitrogen and oxygen atoms in total. The van der Waals surface area contributed by atoms with E-state index in [1.54, 1.807) is 0 Å². The lowest BCUT2D eigenvalue weighted by Gasteiger charge is -2.16. The van der Waals surface area contributed by atoms with Gasteiger partial charge in [0.05, 0.1) is 5.69 Å². The van der Waals surface area contributed by atoms with Crippen LogP contribution in [0.1, 0.15) is 0 Å². The molecule has 0 saturated carbocycles. The molecule has 2 N–H and O–H groups in total. The van der Waals surface area contributed by atoms with Crippen LogP contribution in [0.3, 0.4) is 0 Å². The lowest BCUT2D eigenvalue weighted by atomic mass is 10.3. The van der Waals surface area contributed by atoms with Crippen molar-refractivity contribution in [2.75, 3.05) is 4.47 Å². The second-order valence-corrected chi connectivity index (χ2v) is 4.91. The Kier molecular flexibility index (Phi) is 3.50. The number of benzene rings is 1. The number of para-hydroxylation sites is 1. The summed E-state index contributed by atoms with van der Waals surface area (Å²) in [6, 6.07) is 6.65. The highest BCUT2D eigenvalue weighted by Crippen LogP contribution is 2.17. The predicted molar refractivity (Wildman–Crippen MR) is 52.7 cm³/mol. The number of anilines is 1. The summed E-state index contributed by atoms with van der Waals surface area (Å²) < 4.78 is 56.9. The summed E-state index contributed by atoms with van der Waals surface area (Å²) in [5.41, 5.74) is -0.272. The Morgan fingerprint density at radius 1 is 1.06 bits per heavy atom. The standard InChI is InChI=1S/C6H7N2O6S2/c7-15(9,10)14-8(16(11,12)13)6-4-2-1-3-5-6/h1-5H,(H2,7,9,10). The van der Waals surface area contributed by atoms with Gasteiger partial charge in [-0.1, -0.05) is 22.8 Å². The van der Waals surface area contributed by atoms with Crippen LogP contribution in [0.25, 0.3) is 0 Å². The third-order valence-corrected chi connectivity index (χ3v) is 2.48. The number of rotatable bonds is 4. The van der Waals surface area contributed by atoms with Crippen LogP contribution in [-0.2, 0) is 29.4 Å². The maximum atomic E-state index is 10.7. The van der Waals surface area contributed by atoms with E-state index in [0.29, 0.717) is 0 Å². The van der Waals surface area contributed by atoms with Crippen molar-refractivity contribution in [3.05, 3.63) is 30.3 Å². The Morgan fingerprint density at radius 2 is 1.56 bits per heavy atom. The Morgan fingerprint density at radius 3 is 1.94 bits per heavy atom. The third kappa shape index (κ3) is 3.75. The quantitative estimate of drug-likeness (QED) is 0.722. The molecule has 0 fully saturated rings. The molecule has 89 valence electrons. The van der Waals surface area contributed by atoms with E-state index in [2.05, 4.69) is 9.42 Å². The van der Waals surface area contributed by atoms with Crippen LogP contribution < -0.4 is 9.61 Å². The molecule has 10 heteroatoms. The van der Waals surface area contributed by atoms with Gasteiger partial charge in [0, 0.05) is 0 Å². The first-order valence-electron chi connectivity index (χ1n) is 3.74. The summed E-state index contributed by atoms with van der Waals surface area (Å²) in [7, 11) is -9.76. The van der Waals surface area contributed by atoms with Crippen molar-refractivity contribution >= 4 is 26.3 Å². The fourth-order valence-corrected chi connectivity index (χ4v) is 2.06. The SMILES string of the molecule is NS(=O)(=O)ON(c1ccccc1)S([O])(=O)=O. The summed E-state index contributed by atoms with van der Waals surface area (Å²) in [6.45, 7) is 0. The van der Waals surface area contributed by atoms with Crippen LogP contribution in [0.15, 0.2) is 30.3 Å². The van der Waals surface area contributed by atoms with E-state index in [1.165, 1.54) is 30.3 Å². The molecule has 0 bridgehead atoms. The largest absolute Gasteiger partial charge is 0.414 e. The average Bonchev–Trinajstić information content (AvgIpc) is 2.13. The lowest BCUT2D eigenvalue weighted by molar-refractivity contribution is 0.302. The van der Waals surface area contributed by atoms with Crippen LogP contribution in [0.4, 0.5) is 5.69 Å². The molecule has 1 radical (unpaired) electrons. The van der Waals surface area contributed by atoms with E-state index in [1.807, 2.05) is 0 Å². The lowest BCUT2D eigenvalue weighted by Crippen LogP contribution is -2.35. The molecule has 0 saturated heterocycles. The van der Waals surface area contributed by atoms with Gasteiger partial charge in [-0.05, 0) is 12.1 Å². The predicted octanol–water partition coefficient (Wildman–Crippen LogP) is -0.697. The van der Waals surface area contributed by atoms with Gasteiger partial charge < -0.3 is 0 Å². The molecule has 1 aromatic carbocycles. The molecule has 0 heterocycles. The highest BCUT2D eigenvalue weighted by atomic mass is 32.3. The van der Waals surface area contributed by atoms with Gasteiger partial charge in [-0.2, -0.15) is 16.8 Å². The highest BCUT2D eigenvalue weighted by molar-refractivity contribution is 7.88.